The van der Waals surface area contributed by atoms with Gasteiger partial charge < -0.3 is 9.64 Å². The molecule has 28 heavy (non-hydrogen) atoms. The second kappa shape index (κ2) is 7.80. The standard InChI is InChI=1S/C21H23N5O2/c1-15-3-5-16(6-4-15)11-21(27)26-10-7-19-17(13-26)18(24-25(19)2)14-28-20-12-22-8-9-23-20/h3-6,8-9,12H,7,10-11,13-14H2,1-2H3. The molecule has 0 fully saturated rings. The molecule has 2 aromatic heterocycles. The number of amides is 1. The molecule has 1 aliphatic heterocycles. The Bertz CT molecular complexity index is 966. The van der Waals surface area contributed by atoms with E-state index in [1.807, 2.05) is 47.8 Å². The number of benzene rings is 1. The molecule has 0 unspecified atom stereocenters. The number of fused-ring (bicyclic) bond motifs is 1. The molecule has 7 heteroatoms. The highest BCUT2D eigenvalue weighted by atomic mass is 16.5. The van der Waals surface area contributed by atoms with Crippen molar-refractivity contribution in [1.82, 2.24) is 24.6 Å². The van der Waals surface area contributed by atoms with Gasteiger partial charge in [-0.25, -0.2) is 4.98 Å². The van der Waals surface area contributed by atoms with Crippen LogP contribution < -0.4 is 4.74 Å². The number of carbonyl (C=O) groups is 1. The van der Waals surface area contributed by atoms with Crippen LogP contribution in [0.3, 0.4) is 0 Å². The highest BCUT2D eigenvalue weighted by molar-refractivity contribution is 5.79. The minimum Gasteiger partial charge on any atom is -0.470 e. The number of nitrogens with zero attached hydrogens (tertiary/aromatic N) is 5. The van der Waals surface area contributed by atoms with Gasteiger partial charge in [-0.3, -0.25) is 14.5 Å². The smallest absolute Gasteiger partial charge is 0.232 e. The molecule has 0 bridgehead atoms. The normalized spacial score (nSPS) is 13.3. The van der Waals surface area contributed by atoms with Gasteiger partial charge in [-0.15, -0.1) is 0 Å². The number of carbonyl (C=O) groups excluding carboxylic acids is 1. The number of aryl methyl sites for hydroxylation is 2. The molecule has 0 radical (unpaired) electrons. The Morgan fingerprint density at radius 3 is 2.79 bits per heavy atom. The molecule has 0 atom stereocenters. The molecule has 0 saturated heterocycles. The second-order valence-electron chi connectivity index (χ2n) is 7.06. The molecular formula is C21H23N5O2. The quantitative estimate of drug-likeness (QED) is 0.682. The van der Waals surface area contributed by atoms with E-state index in [0.717, 1.165) is 28.9 Å². The largest absolute Gasteiger partial charge is 0.470 e. The van der Waals surface area contributed by atoms with Gasteiger partial charge in [0.1, 0.15) is 12.3 Å². The average molecular weight is 377 g/mol. The summed E-state index contributed by atoms with van der Waals surface area (Å²) in [7, 11) is 1.94. The summed E-state index contributed by atoms with van der Waals surface area (Å²) in [5, 5.41) is 4.60. The summed E-state index contributed by atoms with van der Waals surface area (Å²) in [4.78, 5) is 22.9. The fraction of sp³-hybridized carbons (Fsp3) is 0.333. The molecular weight excluding hydrogens is 354 g/mol. The Morgan fingerprint density at radius 1 is 1.21 bits per heavy atom. The Labute approximate surface area is 164 Å². The first-order valence-electron chi connectivity index (χ1n) is 9.36. The lowest BCUT2D eigenvalue weighted by atomic mass is 10.0. The molecule has 0 N–H and O–H groups in total. The van der Waals surface area contributed by atoms with E-state index in [2.05, 4.69) is 15.1 Å². The van der Waals surface area contributed by atoms with Crippen LogP contribution in [-0.4, -0.2) is 37.1 Å². The van der Waals surface area contributed by atoms with Crippen molar-refractivity contribution in [2.75, 3.05) is 6.54 Å². The van der Waals surface area contributed by atoms with Crippen LogP contribution in [0, 0.1) is 6.92 Å². The number of ether oxygens (including phenoxy) is 1. The van der Waals surface area contributed by atoms with Gasteiger partial charge >= 0.3 is 0 Å². The average Bonchev–Trinajstić information content (AvgIpc) is 3.04. The molecule has 3 aromatic rings. The van der Waals surface area contributed by atoms with Gasteiger partial charge in [0.25, 0.3) is 0 Å². The molecule has 0 aliphatic carbocycles. The number of hydrogen-bond acceptors (Lipinski definition) is 5. The third-order valence-corrected chi connectivity index (χ3v) is 5.05. The van der Waals surface area contributed by atoms with Crippen molar-refractivity contribution in [1.29, 1.82) is 0 Å². The molecule has 0 saturated carbocycles. The van der Waals surface area contributed by atoms with Crippen LogP contribution in [0.1, 0.15) is 28.1 Å². The maximum atomic E-state index is 12.8. The van der Waals surface area contributed by atoms with E-state index in [0.29, 0.717) is 32.0 Å². The van der Waals surface area contributed by atoms with Crippen molar-refractivity contribution in [2.45, 2.75) is 32.9 Å². The summed E-state index contributed by atoms with van der Waals surface area (Å²) >= 11 is 0. The van der Waals surface area contributed by atoms with Crippen molar-refractivity contribution in [3.63, 3.8) is 0 Å². The van der Waals surface area contributed by atoms with Gasteiger partial charge in [0.05, 0.1) is 12.6 Å². The van der Waals surface area contributed by atoms with E-state index in [1.54, 1.807) is 18.6 Å². The van der Waals surface area contributed by atoms with Crippen molar-refractivity contribution >= 4 is 5.91 Å². The Morgan fingerprint density at radius 2 is 2.04 bits per heavy atom. The van der Waals surface area contributed by atoms with E-state index < -0.39 is 0 Å². The predicted molar refractivity (Wildman–Crippen MR) is 104 cm³/mol. The van der Waals surface area contributed by atoms with Crippen LogP contribution in [-0.2, 0) is 37.8 Å². The van der Waals surface area contributed by atoms with Crippen molar-refractivity contribution in [2.24, 2.45) is 7.05 Å². The predicted octanol–water partition coefficient (Wildman–Crippen LogP) is 2.22. The molecule has 1 amide bonds. The molecule has 0 spiro atoms. The monoisotopic (exact) mass is 377 g/mol. The molecule has 4 rings (SSSR count). The third kappa shape index (κ3) is 3.88. The summed E-state index contributed by atoms with van der Waals surface area (Å²) in [5.74, 6) is 0.601. The summed E-state index contributed by atoms with van der Waals surface area (Å²) < 4.78 is 7.62. The Kier molecular flexibility index (Phi) is 5.06. The van der Waals surface area contributed by atoms with Gasteiger partial charge in [-0.2, -0.15) is 5.10 Å². The molecule has 7 nitrogen and oxygen atoms in total. The summed E-state index contributed by atoms with van der Waals surface area (Å²) in [6, 6.07) is 8.12. The van der Waals surface area contributed by atoms with Crippen LogP contribution in [0.4, 0.5) is 0 Å². The van der Waals surface area contributed by atoms with Gasteiger partial charge in [0.15, 0.2) is 0 Å². The highest BCUT2D eigenvalue weighted by Crippen LogP contribution is 2.24. The van der Waals surface area contributed by atoms with E-state index in [1.165, 1.54) is 5.56 Å². The fourth-order valence-corrected chi connectivity index (χ4v) is 3.49. The van der Waals surface area contributed by atoms with E-state index >= 15 is 0 Å². The maximum absolute atomic E-state index is 12.8. The van der Waals surface area contributed by atoms with Gasteiger partial charge in [-0.05, 0) is 12.5 Å². The Hall–Kier alpha value is -3.22. The molecule has 1 aliphatic rings. The first-order valence-corrected chi connectivity index (χ1v) is 9.36. The molecule has 144 valence electrons. The van der Waals surface area contributed by atoms with Crippen LogP contribution in [0.15, 0.2) is 42.9 Å². The number of aromatic nitrogens is 4. The van der Waals surface area contributed by atoms with Crippen molar-refractivity contribution < 1.29 is 9.53 Å². The van der Waals surface area contributed by atoms with Crippen LogP contribution in [0.2, 0.25) is 0 Å². The first kappa shape index (κ1) is 18.2. The zero-order chi connectivity index (χ0) is 19.5. The minimum absolute atomic E-state index is 0.138. The summed E-state index contributed by atoms with van der Waals surface area (Å²) in [5.41, 5.74) is 5.32. The topological polar surface area (TPSA) is 73.1 Å². The lowest BCUT2D eigenvalue weighted by Gasteiger charge is -2.28. The summed E-state index contributed by atoms with van der Waals surface area (Å²) in [6.07, 6.45) is 5.99. The maximum Gasteiger partial charge on any atom is 0.232 e. The van der Waals surface area contributed by atoms with Gasteiger partial charge in [0, 0.05) is 50.2 Å². The fourth-order valence-electron chi connectivity index (χ4n) is 3.49. The van der Waals surface area contributed by atoms with Crippen LogP contribution in [0.5, 0.6) is 5.88 Å². The molecule has 3 heterocycles. The van der Waals surface area contributed by atoms with Crippen LogP contribution >= 0.6 is 0 Å². The van der Waals surface area contributed by atoms with Gasteiger partial charge in [-0.1, -0.05) is 29.8 Å². The van der Waals surface area contributed by atoms with Gasteiger partial charge in [0.2, 0.25) is 11.8 Å². The second-order valence-corrected chi connectivity index (χ2v) is 7.06. The van der Waals surface area contributed by atoms with E-state index in [4.69, 9.17) is 4.74 Å². The number of rotatable bonds is 5. The van der Waals surface area contributed by atoms with Crippen molar-refractivity contribution in [3.05, 3.63) is 70.9 Å². The SMILES string of the molecule is Cc1ccc(CC(=O)N2CCc3c(c(COc4cnccn4)nn3C)C2)cc1. The highest BCUT2D eigenvalue weighted by Gasteiger charge is 2.26. The third-order valence-electron chi connectivity index (χ3n) is 5.05. The first-order chi connectivity index (χ1) is 13.6. The summed E-state index contributed by atoms with van der Waals surface area (Å²) in [6.45, 7) is 3.63. The Balaban J connectivity index is 1.46. The van der Waals surface area contributed by atoms with Crippen molar-refractivity contribution in [3.8, 4) is 5.88 Å². The van der Waals surface area contributed by atoms with E-state index in [9.17, 15) is 4.79 Å². The van der Waals surface area contributed by atoms with Crippen LogP contribution in [0.25, 0.3) is 0 Å². The molecule has 1 aromatic carbocycles. The minimum atomic E-state index is 0.138. The lowest BCUT2D eigenvalue weighted by molar-refractivity contribution is -0.131. The van der Waals surface area contributed by atoms with E-state index in [-0.39, 0.29) is 5.91 Å². The lowest BCUT2D eigenvalue weighted by Crippen LogP contribution is -2.37. The number of hydrogen-bond donors (Lipinski definition) is 0. The zero-order valence-electron chi connectivity index (χ0n) is 16.1. The zero-order valence-corrected chi connectivity index (χ0v) is 16.1.